The summed E-state index contributed by atoms with van der Waals surface area (Å²) < 4.78 is 26.3. The van der Waals surface area contributed by atoms with Gasteiger partial charge in [-0.2, -0.15) is 0 Å². The van der Waals surface area contributed by atoms with E-state index < -0.39 is 18.4 Å². The molecule has 0 bridgehead atoms. The van der Waals surface area contributed by atoms with Gasteiger partial charge in [-0.25, -0.2) is 4.39 Å². The molecule has 0 aliphatic heterocycles. The van der Waals surface area contributed by atoms with Crippen LogP contribution in [-0.2, 0) is 11.3 Å². The van der Waals surface area contributed by atoms with Gasteiger partial charge < -0.3 is 14.6 Å². The summed E-state index contributed by atoms with van der Waals surface area (Å²) in [6, 6.07) is 17.2. The Morgan fingerprint density at radius 1 is 1.08 bits per heavy atom. The highest BCUT2D eigenvalue weighted by Gasteiger charge is 2.33. The molecule has 0 spiro atoms. The maximum absolute atomic E-state index is 14.6. The van der Waals surface area contributed by atoms with Crippen molar-refractivity contribution < 1.29 is 19.0 Å². The third kappa shape index (κ3) is 4.80. The largest absolute Gasteiger partial charge is 0.487 e. The van der Waals surface area contributed by atoms with Crippen LogP contribution in [0.25, 0.3) is 0 Å². The number of halogens is 1. The summed E-state index contributed by atoms with van der Waals surface area (Å²) in [5, 5.41) is 9.83. The molecule has 1 saturated carbocycles. The average molecular weight is 344 g/mol. The maximum Gasteiger partial charge on any atom is 0.139 e. The van der Waals surface area contributed by atoms with Gasteiger partial charge in [0.2, 0.25) is 0 Å². The molecule has 0 heterocycles. The number of alkyl halides is 1. The summed E-state index contributed by atoms with van der Waals surface area (Å²) in [5.74, 6) is 0.564. The van der Waals surface area contributed by atoms with Crippen LogP contribution >= 0.6 is 0 Å². The summed E-state index contributed by atoms with van der Waals surface area (Å²) in [4.78, 5) is 0. The minimum absolute atomic E-state index is 0.0814. The highest BCUT2D eigenvalue weighted by molar-refractivity contribution is 5.35. The molecule has 2 aromatic rings. The van der Waals surface area contributed by atoms with E-state index in [0.29, 0.717) is 30.8 Å². The average Bonchev–Trinajstić information content (AvgIpc) is 2.63. The lowest BCUT2D eigenvalue weighted by Crippen LogP contribution is -2.38. The molecule has 1 aliphatic carbocycles. The van der Waals surface area contributed by atoms with Crippen LogP contribution in [0.3, 0.4) is 0 Å². The number of para-hydroxylation sites is 1. The van der Waals surface area contributed by atoms with E-state index >= 15 is 0 Å². The normalized spacial score (nSPS) is 24.7. The molecule has 2 aromatic carbocycles. The number of benzene rings is 2. The van der Waals surface area contributed by atoms with Crippen LogP contribution in [0, 0.1) is 0 Å². The number of rotatable bonds is 6. The van der Waals surface area contributed by atoms with E-state index in [4.69, 9.17) is 9.47 Å². The summed E-state index contributed by atoms with van der Waals surface area (Å²) in [5.41, 5.74) is 1.79. The molecule has 0 saturated heterocycles. The Bertz CT molecular complexity index is 659. The molecule has 1 aliphatic rings. The second kappa shape index (κ2) is 8.45. The molecule has 0 radical (unpaired) electrons. The second-order valence-electron chi connectivity index (χ2n) is 6.62. The van der Waals surface area contributed by atoms with E-state index in [1.54, 1.807) is 13.0 Å². The third-order valence-electron chi connectivity index (χ3n) is 4.64. The predicted octanol–water partition coefficient (Wildman–Crippen LogP) is 4.59. The molecular weight excluding hydrogens is 319 g/mol. The van der Waals surface area contributed by atoms with Crippen molar-refractivity contribution in [2.24, 2.45) is 0 Å². The van der Waals surface area contributed by atoms with Gasteiger partial charge >= 0.3 is 0 Å². The molecule has 0 amide bonds. The Hall–Kier alpha value is -1.91. The summed E-state index contributed by atoms with van der Waals surface area (Å²) in [6.45, 7) is 2.19. The maximum atomic E-state index is 14.6. The Morgan fingerprint density at radius 2 is 1.80 bits per heavy atom. The van der Waals surface area contributed by atoms with Crippen molar-refractivity contribution in [2.75, 3.05) is 0 Å². The van der Waals surface area contributed by atoms with Gasteiger partial charge in [0, 0.05) is 12.0 Å². The van der Waals surface area contributed by atoms with Crippen molar-refractivity contribution in [1.82, 2.24) is 0 Å². The molecule has 25 heavy (non-hydrogen) atoms. The molecule has 4 unspecified atom stereocenters. The molecular formula is C21H25FO3. The zero-order valence-corrected chi connectivity index (χ0v) is 14.5. The Labute approximate surface area is 148 Å². The number of hydrogen-bond donors (Lipinski definition) is 1. The van der Waals surface area contributed by atoms with Gasteiger partial charge in [-0.1, -0.05) is 48.5 Å². The molecule has 134 valence electrons. The van der Waals surface area contributed by atoms with E-state index in [1.807, 2.05) is 48.5 Å². The van der Waals surface area contributed by atoms with Gasteiger partial charge in [-0.05, 0) is 31.4 Å². The fourth-order valence-electron chi connectivity index (χ4n) is 3.22. The lowest BCUT2D eigenvalue weighted by Gasteiger charge is -2.32. The van der Waals surface area contributed by atoms with E-state index in [0.717, 1.165) is 12.0 Å². The minimum atomic E-state index is -1.07. The Balaban J connectivity index is 1.54. The van der Waals surface area contributed by atoms with Crippen molar-refractivity contribution in [1.29, 1.82) is 0 Å². The molecule has 3 nitrogen and oxygen atoms in total. The van der Waals surface area contributed by atoms with E-state index in [2.05, 4.69) is 0 Å². The van der Waals surface area contributed by atoms with Crippen LogP contribution in [0.2, 0.25) is 0 Å². The minimum Gasteiger partial charge on any atom is -0.487 e. The monoisotopic (exact) mass is 344 g/mol. The van der Waals surface area contributed by atoms with E-state index in [-0.39, 0.29) is 6.10 Å². The fraction of sp³-hybridized carbons (Fsp3) is 0.429. The number of aliphatic hydroxyl groups is 1. The topological polar surface area (TPSA) is 38.7 Å². The fourth-order valence-corrected chi connectivity index (χ4v) is 3.22. The smallest absolute Gasteiger partial charge is 0.139 e. The van der Waals surface area contributed by atoms with Crippen LogP contribution in [0.5, 0.6) is 5.75 Å². The molecule has 1 N–H and O–H groups in total. The second-order valence-corrected chi connectivity index (χ2v) is 6.62. The van der Waals surface area contributed by atoms with Gasteiger partial charge in [0.15, 0.2) is 0 Å². The first-order valence-electron chi connectivity index (χ1n) is 8.86. The van der Waals surface area contributed by atoms with Crippen LogP contribution in [-0.4, -0.2) is 23.5 Å². The van der Waals surface area contributed by atoms with Crippen LogP contribution in [0.15, 0.2) is 54.6 Å². The van der Waals surface area contributed by atoms with Gasteiger partial charge in [-0.3, -0.25) is 0 Å². The standard InChI is InChI=1S/C21H25FO3/c1-15(23)18-9-5-6-10-20(18)25-21-12-11-17(13-19(21)22)24-14-16-7-3-2-4-8-16/h2-10,15,17,19,21,23H,11-14H2,1H3. The Morgan fingerprint density at radius 3 is 2.52 bits per heavy atom. The van der Waals surface area contributed by atoms with E-state index in [1.165, 1.54) is 0 Å². The predicted molar refractivity (Wildman–Crippen MR) is 95.3 cm³/mol. The zero-order chi connectivity index (χ0) is 17.6. The van der Waals surface area contributed by atoms with Crippen molar-refractivity contribution >= 4 is 0 Å². The van der Waals surface area contributed by atoms with Crippen LogP contribution < -0.4 is 4.74 Å². The quantitative estimate of drug-likeness (QED) is 0.833. The third-order valence-corrected chi connectivity index (χ3v) is 4.64. The number of hydrogen-bond acceptors (Lipinski definition) is 3. The molecule has 0 aromatic heterocycles. The highest BCUT2D eigenvalue weighted by atomic mass is 19.1. The van der Waals surface area contributed by atoms with Gasteiger partial charge in [0.1, 0.15) is 18.0 Å². The van der Waals surface area contributed by atoms with Crippen molar-refractivity contribution in [3.63, 3.8) is 0 Å². The van der Waals surface area contributed by atoms with Crippen LogP contribution in [0.1, 0.15) is 43.4 Å². The summed E-state index contributed by atoms with van der Waals surface area (Å²) in [7, 11) is 0. The van der Waals surface area contributed by atoms with Crippen molar-refractivity contribution in [3.8, 4) is 5.75 Å². The van der Waals surface area contributed by atoms with E-state index in [9.17, 15) is 9.50 Å². The lowest BCUT2D eigenvalue weighted by atomic mass is 9.93. The first-order valence-corrected chi connectivity index (χ1v) is 8.86. The molecule has 4 atom stereocenters. The van der Waals surface area contributed by atoms with Crippen molar-refractivity contribution in [3.05, 3.63) is 65.7 Å². The number of ether oxygens (including phenoxy) is 2. The highest BCUT2D eigenvalue weighted by Crippen LogP contribution is 2.31. The summed E-state index contributed by atoms with van der Waals surface area (Å²) in [6.07, 6.45) is -0.562. The number of aliphatic hydroxyl groups excluding tert-OH is 1. The van der Waals surface area contributed by atoms with Crippen LogP contribution in [0.4, 0.5) is 4.39 Å². The van der Waals surface area contributed by atoms with Crippen molar-refractivity contribution in [2.45, 2.75) is 57.3 Å². The Kier molecular flexibility index (Phi) is 6.05. The zero-order valence-electron chi connectivity index (χ0n) is 14.5. The first-order chi connectivity index (χ1) is 12.1. The van der Waals surface area contributed by atoms with Gasteiger partial charge in [-0.15, -0.1) is 0 Å². The first kappa shape index (κ1) is 17.9. The lowest BCUT2D eigenvalue weighted by molar-refractivity contribution is -0.0426. The van der Waals surface area contributed by atoms with Gasteiger partial charge in [0.25, 0.3) is 0 Å². The van der Waals surface area contributed by atoms with Gasteiger partial charge in [0.05, 0.1) is 18.8 Å². The molecule has 4 heteroatoms. The molecule has 3 rings (SSSR count). The SMILES string of the molecule is CC(O)c1ccccc1OC1CCC(OCc2ccccc2)CC1F. The molecule has 1 fully saturated rings. The summed E-state index contributed by atoms with van der Waals surface area (Å²) >= 11 is 0.